The molecule has 0 rings (SSSR count). The number of isocyanates is 1. The van der Waals surface area contributed by atoms with Crippen LogP contribution in [-0.4, -0.2) is 17.7 Å². The highest BCUT2D eigenvalue weighted by Gasteiger charge is 2.36. The molecule has 0 aromatic rings. The van der Waals surface area contributed by atoms with Crippen LogP contribution < -0.4 is 0 Å². The minimum atomic E-state index is -2.90. The van der Waals surface area contributed by atoms with Gasteiger partial charge in [-0.2, -0.15) is 0 Å². The number of aliphatic imine (C=N–C) groups is 1. The van der Waals surface area contributed by atoms with Gasteiger partial charge >= 0.3 is 6.00 Å². The Morgan fingerprint density at radius 1 is 1.06 bits per heavy atom. The zero-order valence-electron chi connectivity index (χ0n) is 10.2. The molecule has 0 saturated carbocycles. The Morgan fingerprint density at radius 2 is 1.59 bits per heavy atom. The third-order valence-corrected chi connectivity index (χ3v) is 6.11. The lowest BCUT2D eigenvalue weighted by Crippen LogP contribution is -2.29. The van der Waals surface area contributed by atoms with Crippen molar-refractivity contribution in [3.63, 3.8) is 0 Å². The normalized spacial score (nSPS) is 13.2. The first-order valence-corrected chi connectivity index (χ1v) is 11.3. The van der Waals surface area contributed by atoms with Crippen LogP contribution in [0.3, 0.4) is 0 Å². The van der Waals surface area contributed by atoms with Crippen molar-refractivity contribution in [3.05, 3.63) is 0 Å². The van der Waals surface area contributed by atoms with Crippen LogP contribution in [0.25, 0.3) is 0 Å². The Labute approximate surface area is 119 Å². The highest BCUT2D eigenvalue weighted by Crippen LogP contribution is 2.29. The molecule has 0 aliphatic carbocycles. The van der Waals surface area contributed by atoms with Gasteiger partial charge < -0.3 is 0 Å². The quantitative estimate of drug-likeness (QED) is 0.183. The molecule has 100 valence electrons. The Bertz CT molecular complexity index is 239. The maximum absolute atomic E-state index is 10.2. The first-order valence-electron chi connectivity index (χ1n) is 6.16. The second-order valence-electron chi connectivity index (χ2n) is 4.19. The van der Waals surface area contributed by atoms with Crippen LogP contribution in [0.4, 0.5) is 0 Å². The average Bonchev–Trinajstić information content (AvgIpc) is 2.25. The van der Waals surface area contributed by atoms with E-state index in [9.17, 15) is 4.79 Å². The van der Waals surface area contributed by atoms with Crippen molar-refractivity contribution in [1.82, 2.24) is 0 Å². The molecule has 1 atom stereocenters. The van der Waals surface area contributed by atoms with Crippen LogP contribution >= 0.6 is 33.2 Å². The first-order chi connectivity index (χ1) is 8.02. The predicted octanol–water partition coefficient (Wildman–Crippen LogP) is 5.03. The van der Waals surface area contributed by atoms with E-state index < -0.39 is 11.7 Å². The van der Waals surface area contributed by atoms with Crippen molar-refractivity contribution in [1.29, 1.82) is 0 Å². The van der Waals surface area contributed by atoms with E-state index in [2.05, 4.69) is 11.9 Å². The molecule has 0 aliphatic rings. The van der Waals surface area contributed by atoms with Gasteiger partial charge in [-0.25, -0.2) is 9.79 Å². The van der Waals surface area contributed by atoms with Gasteiger partial charge in [-0.15, -0.1) is 33.2 Å². The van der Waals surface area contributed by atoms with Gasteiger partial charge in [0.2, 0.25) is 6.08 Å². The zero-order valence-corrected chi connectivity index (χ0v) is 13.5. The Kier molecular flexibility index (Phi) is 10.7. The number of rotatable bonds is 10. The number of unbranched alkanes of at least 4 members (excludes halogenated alkanes) is 6. The van der Waals surface area contributed by atoms with E-state index in [0.717, 1.165) is 12.8 Å². The van der Waals surface area contributed by atoms with E-state index in [-0.39, 0.29) is 0 Å². The Balaban J connectivity index is 3.66. The van der Waals surface area contributed by atoms with Crippen molar-refractivity contribution in [2.24, 2.45) is 4.99 Å². The van der Waals surface area contributed by atoms with Crippen molar-refractivity contribution in [3.8, 4) is 0 Å². The molecule has 6 heteroatoms. The molecule has 0 heterocycles. The Morgan fingerprint density at radius 3 is 2.06 bits per heavy atom. The third kappa shape index (κ3) is 10.1. The number of carbonyl (C=O) groups excluding carboxylic acids is 1. The third-order valence-electron chi connectivity index (χ3n) is 2.67. The SMILES string of the molecule is CCCCCCCCCC(N=C=O)[Si](Cl)(Cl)Cl. The summed E-state index contributed by atoms with van der Waals surface area (Å²) in [6.07, 6.45) is 10.6. The summed E-state index contributed by atoms with van der Waals surface area (Å²) in [6.45, 7) is 2.20. The van der Waals surface area contributed by atoms with Crippen LogP contribution in [0.15, 0.2) is 4.99 Å². The molecule has 0 aromatic heterocycles. The number of hydrogen-bond acceptors (Lipinski definition) is 2. The van der Waals surface area contributed by atoms with Gasteiger partial charge in [-0.1, -0.05) is 51.9 Å². The van der Waals surface area contributed by atoms with Crippen molar-refractivity contribution in [2.45, 2.75) is 64.0 Å². The highest BCUT2D eigenvalue weighted by molar-refractivity contribution is 7.65. The van der Waals surface area contributed by atoms with Crippen LogP contribution in [-0.2, 0) is 4.79 Å². The van der Waals surface area contributed by atoms with E-state index in [1.54, 1.807) is 0 Å². The van der Waals surface area contributed by atoms with Crippen molar-refractivity contribution in [2.75, 3.05) is 0 Å². The molecule has 0 amide bonds. The smallest absolute Gasteiger partial charge is 0.211 e. The molecule has 0 fully saturated rings. The maximum atomic E-state index is 10.2. The molecule has 0 N–H and O–H groups in total. The zero-order chi connectivity index (χ0) is 13.1. The summed E-state index contributed by atoms with van der Waals surface area (Å²) in [6, 6.07) is -2.90. The molecule has 0 aromatic carbocycles. The monoisotopic (exact) mass is 315 g/mol. The topological polar surface area (TPSA) is 29.4 Å². The van der Waals surface area contributed by atoms with Gasteiger partial charge in [0.15, 0.2) is 0 Å². The lowest BCUT2D eigenvalue weighted by atomic mass is 10.1. The molecule has 2 nitrogen and oxygen atoms in total. The lowest BCUT2D eigenvalue weighted by molar-refractivity contribution is 0.552. The molecular formula is C11H20Cl3NOSi. The van der Waals surface area contributed by atoms with Gasteiger partial charge in [0.25, 0.3) is 0 Å². The van der Waals surface area contributed by atoms with Crippen molar-refractivity contribution >= 4 is 45.3 Å². The van der Waals surface area contributed by atoms with E-state index >= 15 is 0 Å². The predicted molar refractivity (Wildman–Crippen MR) is 77.8 cm³/mol. The first kappa shape index (κ1) is 17.5. The minimum absolute atomic E-state index is 0.430. The molecule has 1 unspecified atom stereocenters. The number of nitrogens with zero attached hydrogens (tertiary/aromatic N) is 1. The molecule has 0 aliphatic heterocycles. The van der Waals surface area contributed by atoms with Gasteiger partial charge in [-0.3, -0.25) is 0 Å². The second kappa shape index (κ2) is 10.4. The lowest BCUT2D eigenvalue weighted by Gasteiger charge is -2.15. The summed E-state index contributed by atoms with van der Waals surface area (Å²) in [4.78, 5) is 13.8. The maximum Gasteiger partial charge on any atom is 0.365 e. The fourth-order valence-electron chi connectivity index (χ4n) is 1.66. The fourth-order valence-corrected chi connectivity index (χ4v) is 3.81. The van der Waals surface area contributed by atoms with Crippen LogP contribution in [0.5, 0.6) is 0 Å². The van der Waals surface area contributed by atoms with Gasteiger partial charge in [0, 0.05) is 0 Å². The molecule has 0 spiro atoms. The molecule has 17 heavy (non-hydrogen) atoms. The fraction of sp³-hybridized carbons (Fsp3) is 0.909. The summed E-state index contributed by atoms with van der Waals surface area (Å²) in [5.74, 6) is 0. The standard InChI is InChI=1S/C11H20Cl3NOSi/c1-2-3-4-5-6-7-8-9-11(15-10-16)17(12,13)14/h11H,2-9H2,1H3. The Hall–Kier alpha value is 0.467. The highest BCUT2D eigenvalue weighted by atomic mass is 35.8. The number of hydrogen-bond donors (Lipinski definition) is 0. The number of halogens is 3. The molecule has 0 saturated heterocycles. The molecule has 0 bridgehead atoms. The average molecular weight is 317 g/mol. The summed E-state index contributed by atoms with van der Waals surface area (Å²) in [7, 11) is 0. The molecule has 0 radical (unpaired) electrons. The minimum Gasteiger partial charge on any atom is -0.211 e. The van der Waals surface area contributed by atoms with Crippen LogP contribution in [0, 0.1) is 0 Å². The van der Waals surface area contributed by atoms with Gasteiger partial charge in [-0.05, 0) is 6.42 Å². The summed E-state index contributed by atoms with van der Waals surface area (Å²) >= 11 is 17.6. The van der Waals surface area contributed by atoms with Crippen LogP contribution in [0.1, 0.15) is 58.3 Å². The summed E-state index contributed by atoms with van der Waals surface area (Å²) in [5.41, 5.74) is -0.430. The van der Waals surface area contributed by atoms with Gasteiger partial charge in [0.05, 0.1) is 5.67 Å². The summed E-state index contributed by atoms with van der Waals surface area (Å²) in [5, 5.41) is 0. The second-order valence-corrected chi connectivity index (χ2v) is 13.0. The van der Waals surface area contributed by atoms with E-state index in [0.29, 0.717) is 6.42 Å². The van der Waals surface area contributed by atoms with Crippen molar-refractivity contribution < 1.29 is 4.79 Å². The largest absolute Gasteiger partial charge is 0.365 e. The van der Waals surface area contributed by atoms with Crippen LogP contribution in [0.2, 0.25) is 0 Å². The molecular weight excluding hydrogens is 297 g/mol. The van der Waals surface area contributed by atoms with E-state index in [1.807, 2.05) is 0 Å². The van der Waals surface area contributed by atoms with E-state index in [1.165, 1.54) is 38.2 Å². The van der Waals surface area contributed by atoms with E-state index in [4.69, 9.17) is 33.2 Å². The van der Waals surface area contributed by atoms with Gasteiger partial charge in [0.1, 0.15) is 0 Å². The summed E-state index contributed by atoms with van der Waals surface area (Å²) < 4.78 is 0.